The smallest absolute Gasteiger partial charge is 0.360 e. The fourth-order valence-electron chi connectivity index (χ4n) is 1.32. The summed E-state index contributed by atoms with van der Waals surface area (Å²) in [5, 5.41) is 12.2. The molecular weight excluding hydrogens is 215 g/mol. The molecule has 0 spiro atoms. The average Bonchev–Trinajstić information content (AvgIpc) is 2.00. The number of carbonyl (C=O) groups excluding carboxylic acids is 1. The Balaban J connectivity index is 2.96. The van der Waals surface area contributed by atoms with E-state index in [1.807, 2.05) is 0 Å². The summed E-state index contributed by atoms with van der Waals surface area (Å²) in [4.78, 5) is 15.3. The highest BCUT2D eigenvalue weighted by Crippen LogP contribution is 2.33. The summed E-state index contributed by atoms with van der Waals surface area (Å²) in [5.74, 6) is -3.79. The Labute approximate surface area is 83.7 Å². The first-order valence-electron chi connectivity index (χ1n) is 4.19. The first-order valence-corrected chi connectivity index (χ1v) is 4.19. The van der Waals surface area contributed by atoms with Crippen LogP contribution in [-0.2, 0) is 9.63 Å². The van der Waals surface area contributed by atoms with Crippen molar-refractivity contribution in [3.63, 3.8) is 0 Å². The summed E-state index contributed by atoms with van der Waals surface area (Å²) in [6.07, 6.45) is -5.30. The van der Waals surface area contributed by atoms with E-state index < -0.39 is 35.8 Å². The number of rotatable bonds is 1. The third-order valence-corrected chi connectivity index (χ3v) is 2.20. The highest BCUT2D eigenvalue weighted by Gasteiger charge is 2.48. The maximum Gasteiger partial charge on any atom is 0.432 e. The van der Waals surface area contributed by atoms with Crippen molar-refractivity contribution in [2.24, 2.45) is 11.1 Å². The fourth-order valence-corrected chi connectivity index (χ4v) is 1.32. The number of hydrogen-bond acceptors (Lipinski definition) is 4. The minimum atomic E-state index is -4.63. The summed E-state index contributed by atoms with van der Waals surface area (Å²) in [6, 6.07) is 0. The minimum absolute atomic E-state index is 0.573. The number of ketones is 1. The van der Waals surface area contributed by atoms with Crippen LogP contribution in [0, 0.1) is 5.92 Å². The quantitative estimate of drug-likeness (QED) is 0.730. The van der Waals surface area contributed by atoms with Crippen LogP contribution in [0.2, 0.25) is 0 Å². The van der Waals surface area contributed by atoms with Crippen LogP contribution in [0.4, 0.5) is 13.2 Å². The monoisotopic (exact) mass is 225 g/mol. The predicted octanol–water partition coefficient (Wildman–Crippen LogP) is 1.24. The molecule has 0 aromatic carbocycles. The molecule has 0 aliphatic carbocycles. The molecule has 0 aromatic rings. The molecule has 0 fully saturated rings. The molecule has 15 heavy (non-hydrogen) atoms. The first kappa shape index (κ1) is 12.0. The van der Waals surface area contributed by atoms with Crippen LogP contribution in [0.1, 0.15) is 20.3 Å². The molecule has 2 unspecified atom stereocenters. The predicted molar refractivity (Wildman–Crippen MR) is 44.0 cm³/mol. The third kappa shape index (κ3) is 2.47. The summed E-state index contributed by atoms with van der Waals surface area (Å²) in [5.41, 5.74) is -1.19. The van der Waals surface area contributed by atoms with Gasteiger partial charge in [0.1, 0.15) is 5.78 Å². The molecule has 4 nitrogen and oxygen atoms in total. The maximum atomic E-state index is 12.2. The van der Waals surface area contributed by atoms with Crippen LogP contribution < -0.4 is 0 Å². The van der Waals surface area contributed by atoms with Gasteiger partial charge in [-0.2, -0.15) is 13.2 Å². The molecular formula is C8H10F3NO3. The number of carbonyl (C=O) groups is 1. The van der Waals surface area contributed by atoms with E-state index in [0.717, 1.165) is 13.8 Å². The van der Waals surface area contributed by atoms with Crippen molar-refractivity contribution in [2.75, 3.05) is 0 Å². The number of hydrogen-bond donors (Lipinski definition) is 1. The average molecular weight is 225 g/mol. The zero-order chi connectivity index (χ0) is 11.9. The lowest BCUT2D eigenvalue weighted by molar-refractivity contribution is -0.230. The molecule has 1 heterocycles. The number of halogens is 3. The maximum absolute atomic E-state index is 12.2. The lowest BCUT2D eigenvalue weighted by Gasteiger charge is -2.33. The van der Waals surface area contributed by atoms with E-state index in [1.165, 1.54) is 0 Å². The molecule has 0 bridgehead atoms. The van der Waals surface area contributed by atoms with Gasteiger partial charge in [0.2, 0.25) is 5.79 Å². The number of aliphatic hydroxyl groups is 1. The second kappa shape index (κ2) is 3.48. The summed E-state index contributed by atoms with van der Waals surface area (Å²) >= 11 is 0. The Kier molecular flexibility index (Phi) is 2.77. The number of Topliss-reactive ketones (excluding diaryl/α,β-unsaturated/α-hetero) is 1. The van der Waals surface area contributed by atoms with Gasteiger partial charge in [-0.3, -0.25) is 4.79 Å². The topological polar surface area (TPSA) is 58.9 Å². The third-order valence-electron chi connectivity index (χ3n) is 2.20. The Morgan fingerprint density at radius 3 is 2.60 bits per heavy atom. The number of nitrogens with zero attached hydrogens (tertiary/aromatic N) is 1. The molecule has 7 heteroatoms. The minimum Gasteiger partial charge on any atom is -0.360 e. The molecule has 86 valence electrons. The Hall–Kier alpha value is -1.11. The molecule has 1 rings (SSSR count). The normalized spacial score (nSPS) is 31.9. The van der Waals surface area contributed by atoms with Crippen molar-refractivity contribution in [3.05, 3.63) is 0 Å². The second-order valence-electron chi connectivity index (χ2n) is 3.55. The van der Waals surface area contributed by atoms with Crippen LogP contribution in [0.3, 0.4) is 0 Å². The van der Waals surface area contributed by atoms with Crippen molar-refractivity contribution in [1.29, 1.82) is 0 Å². The number of oxime groups is 1. The molecule has 1 N–H and O–H groups in total. The molecule has 1 aliphatic heterocycles. The van der Waals surface area contributed by atoms with Crippen molar-refractivity contribution in [2.45, 2.75) is 32.2 Å². The number of alkyl halides is 3. The van der Waals surface area contributed by atoms with Gasteiger partial charge in [-0.15, -0.1) is 0 Å². The van der Waals surface area contributed by atoms with Gasteiger partial charge < -0.3 is 9.94 Å². The van der Waals surface area contributed by atoms with Gasteiger partial charge in [-0.1, -0.05) is 5.16 Å². The van der Waals surface area contributed by atoms with Gasteiger partial charge in [-0.25, -0.2) is 0 Å². The second-order valence-corrected chi connectivity index (χ2v) is 3.55. The van der Waals surface area contributed by atoms with E-state index in [4.69, 9.17) is 0 Å². The zero-order valence-corrected chi connectivity index (χ0v) is 8.13. The van der Waals surface area contributed by atoms with Gasteiger partial charge in [0, 0.05) is 13.3 Å². The summed E-state index contributed by atoms with van der Waals surface area (Å²) in [6.45, 7) is 2.21. The molecule has 0 radical (unpaired) electrons. The molecule has 1 aliphatic rings. The van der Waals surface area contributed by atoms with Crippen molar-refractivity contribution in [3.8, 4) is 0 Å². The fraction of sp³-hybridized carbons (Fsp3) is 0.750. The lowest BCUT2D eigenvalue weighted by atomic mass is 9.89. The Morgan fingerprint density at radius 2 is 2.20 bits per heavy atom. The van der Waals surface area contributed by atoms with Crippen LogP contribution >= 0.6 is 0 Å². The van der Waals surface area contributed by atoms with E-state index in [2.05, 4.69) is 9.99 Å². The standard InChI is InChI=1S/C8H10F3NO3/c1-4(13)5-3-6(8(9,10)11)12-15-7(5,2)14/h5,14H,3H2,1-2H3. The summed E-state index contributed by atoms with van der Waals surface area (Å²) in [7, 11) is 0. The van der Waals surface area contributed by atoms with Crippen LogP contribution in [0.5, 0.6) is 0 Å². The lowest BCUT2D eigenvalue weighted by Crippen LogP contribution is -2.46. The van der Waals surface area contributed by atoms with E-state index in [0.29, 0.717) is 0 Å². The SMILES string of the molecule is CC(=O)C1CC(C(F)(F)F)=NOC1(C)O. The molecule has 0 aromatic heterocycles. The van der Waals surface area contributed by atoms with Crippen LogP contribution in [0.15, 0.2) is 5.16 Å². The highest BCUT2D eigenvalue weighted by molar-refractivity contribution is 5.94. The molecule has 0 amide bonds. The highest BCUT2D eigenvalue weighted by atomic mass is 19.4. The van der Waals surface area contributed by atoms with E-state index in [9.17, 15) is 23.1 Å². The Bertz CT molecular complexity index is 309. The van der Waals surface area contributed by atoms with Gasteiger partial charge in [0.05, 0.1) is 5.92 Å². The zero-order valence-electron chi connectivity index (χ0n) is 8.13. The van der Waals surface area contributed by atoms with Gasteiger partial charge in [-0.05, 0) is 6.92 Å². The largest absolute Gasteiger partial charge is 0.432 e. The molecule has 2 atom stereocenters. The molecule has 0 saturated carbocycles. The Morgan fingerprint density at radius 1 is 1.67 bits per heavy atom. The van der Waals surface area contributed by atoms with Gasteiger partial charge in [0.15, 0.2) is 5.71 Å². The van der Waals surface area contributed by atoms with Crippen molar-refractivity contribution < 1.29 is 27.9 Å². The van der Waals surface area contributed by atoms with Crippen LogP contribution in [-0.4, -0.2) is 28.6 Å². The van der Waals surface area contributed by atoms with E-state index in [1.54, 1.807) is 0 Å². The first-order chi connectivity index (χ1) is 6.64. The van der Waals surface area contributed by atoms with Gasteiger partial charge in [0.25, 0.3) is 0 Å². The molecule has 0 saturated heterocycles. The van der Waals surface area contributed by atoms with E-state index >= 15 is 0 Å². The van der Waals surface area contributed by atoms with Crippen LogP contribution in [0.25, 0.3) is 0 Å². The van der Waals surface area contributed by atoms with Gasteiger partial charge >= 0.3 is 6.18 Å². The van der Waals surface area contributed by atoms with Crippen molar-refractivity contribution >= 4 is 11.5 Å². The summed E-state index contributed by atoms with van der Waals surface area (Å²) < 4.78 is 36.7. The van der Waals surface area contributed by atoms with Crippen molar-refractivity contribution in [1.82, 2.24) is 0 Å². The van der Waals surface area contributed by atoms with E-state index in [-0.39, 0.29) is 0 Å².